The highest BCUT2D eigenvalue weighted by Gasteiger charge is 2.32. The Balaban J connectivity index is 2.01. The molecule has 0 amide bonds. The van der Waals surface area contributed by atoms with Gasteiger partial charge < -0.3 is 5.32 Å². The lowest BCUT2D eigenvalue weighted by Gasteiger charge is -2.21. The molecule has 1 unspecified atom stereocenters. The van der Waals surface area contributed by atoms with Gasteiger partial charge in [-0.3, -0.25) is 0 Å². The third-order valence-electron chi connectivity index (χ3n) is 4.09. The SMILES string of the molecule is CCNCCCc1ccc(S(=O)(=O)N2CCCC2C)cc1. The zero-order valence-corrected chi connectivity index (χ0v) is 13.8. The Kier molecular flexibility index (Phi) is 5.79. The van der Waals surface area contributed by atoms with E-state index in [0.29, 0.717) is 11.4 Å². The average Bonchev–Trinajstić information content (AvgIpc) is 2.91. The number of sulfonamides is 1. The molecule has 0 aromatic heterocycles. The fraction of sp³-hybridized carbons (Fsp3) is 0.625. The van der Waals surface area contributed by atoms with Crippen LogP contribution in [0.25, 0.3) is 0 Å². The maximum Gasteiger partial charge on any atom is 0.243 e. The van der Waals surface area contributed by atoms with Gasteiger partial charge in [0.05, 0.1) is 4.90 Å². The molecule has 0 radical (unpaired) electrons. The van der Waals surface area contributed by atoms with Crippen LogP contribution in [0.1, 0.15) is 38.7 Å². The van der Waals surface area contributed by atoms with E-state index in [1.54, 1.807) is 16.4 Å². The highest BCUT2D eigenvalue weighted by Crippen LogP contribution is 2.25. The fourth-order valence-electron chi connectivity index (χ4n) is 2.82. The fourth-order valence-corrected chi connectivity index (χ4v) is 4.52. The van der Waals surface area contributed by atoms with Crippen LogP contribution in [0.3, 0.4) is 0 Å². The Bertz CT molecular complexity index is 540. The lowest BCUT2D eigenvalue weighted by molar-refractivity contribution is 0.408. The molecule has 1 heterocycles. The number of nitrogens with zero attached hydrogens (tertiary/aromatic N) is 1. The van der Waals surface area contributed by atoms with Gasteiger partial charge in [0.2, 0.25) is 10.0 Å². The zero-order chi connectivity index (χ0) is 15.3. The predicted molar refractivity (Wildman–Crippen MR) is 85.9 cm³/mol. The summed E-state index contributed by atoms with van der Waals surface area (Å²) in [5.41, 5.74) is 1.20. The van der Waals surface area contributed by atoms with Crippen molar-refractivity contribution < 1.29 is 8.42 Å². The van der Waals surface area contributed by atoms with Crippen LogP contribution in [-0.4, -0.2) is 38.4 Å². The van der Waals surface area contributed by atoms with Gasteiger partial charge in [-0.2, -0.15) is 4.31 Å². The molecular formula is C16H26N2O2S. The van der Waals surface area contributed by atoms with Gasteiger partial charge >= 0.3 is 0 Å². The largest absolute Gasteiger partial charge is 0.317 e. The molecule has 21 heavy (non-hydrogen) atoms. The second-order valence-electron chi connectivity index (χ2n) is 5.71. The number of aryl methyl sites for hydroxylation is 1. The van der Waals surface area contributed by atoms with Crippen LogP contribution < -0.4 is 5.32 Å². The summed E-state index contributed by atoms with van der Waals surface area (Å²) < 4.78 is 26.8. The Hall–Kier alpha value is -0.910. The summed E-state index contributed by atoms with van der Waals surface area (Å²) in [4.78, 5) is 0.423. The maximum absolute atomic E-state index is 12.6. The Morgan fingerprint density at radius 1 is 1.29 bits per heavy atom. The van der Waals surface area contributed by atoms with Crippen molar-refractivity contribution in [2.24, 2.45) is 0 Å². The third kappa shape index (κ3) is 4.05. The summed E-state index contributed by atoms with van der Waals surface area (Å²) in [5.74, 6) is 0. The Labute approximate surface area is 128 Å². The second kappa shape index (κ2) is 7.38. The summed E-state index contributed by atoms with van der Waals surface area (Å²) >= 11 is 0. The molecule has 0 spiro atoms. The van der Waals surface area contributed by atoms with Gasteiger partial charge in [-0.15, -0.1) is 0 Å². The zero-order valence-electron chi connectivity index (χ0n) is 13.0. The molecule has 4 nitrogen and oxygen atoms in total. The van der Waals surface area contributed by atoms with E-state index in [9.17, 15) is 8.42 Å². The molecule has 1 saturated heterocycles. The van der Waals surface area contributed by atoms with Gasteiger partial charge in [-0.1, -0.05) is 19.1 Å². The summed E-state index contributed by atoms with van der Waals surface area (Å²) in [6.07, 6.45) is 3.97. The first-order chi connectivity index (χ1) is 10.1. The van der Waals surface area contributed by atoms with Crippen molar-refractivity contribution in [3.63, 3.8) is 0 Å². The Morgan fingerprint density at radius 3 is 2.57 bits per heavy atom. The highest BCUT2D eigenvalue weighted by molar-refractivity contribution is 7.89. The van der Waals surface area contributed by atoms with E-state index in [-0.39, 0.29) is 6.04 Å². The first-order valence-electron chi connectivity index (χ1n) is 7.87. The lowest BCUT2D eigenvalue weighted by Crippen LogP contribution is -2.33. The molecule has 1 aliphatic rings. The molecule has 1 atom stereocenters. The molecular weight excluding hydrogens is 284 g/mol. The number of hydrogen-bond acceptors (Lipinski definition) is 3. The number of hydrogen-bond donors (Lipinski definition) is 1. The molecule has 1 aromatic carbocycles. The number of rotatable bonds is 7. The third-order valence-corrected chi connectivity index (χ3v) is 6.12. The minimum Gasteiger partial charge on any atom is -0.317 e. The van der Waals surface area contributed by atoms with Crippen LogP contribution in [0.2, 0.25) is 0 Å². The smallest absolute Gasteiger partial charge is 0.243 e. The Morgan fingerprint density at radius 2 is 2.00 bits per heavy atom. The summed E-state index contributed by atoms with van der Waals surface area (Å²) in [6.45, 7) is 6.72. The summed E-state index contributed by atoms with van der Waals surface area (Å²) in [6, 6.07) is 7.51. The van der Waals surface area contributed by atoms with Crippen molar-refractivity contribution in [1.29, 1.82) is 0 Å². The molecule has 1 fully saturated rings. The van der Waals surface area contributed by atoms with Crippen molar-refractivity contribution in [1.82, 2.24) is 9.62 Å². The van der Waals surface area contributed by atoms with Crippen molar-refractivity contribution in [3.05, 3.63) is 29.8 Å². The normalized spacial score (nSPS) is 20.0. The molecule has 1 aliphatic heterocycles. The first kappa shape index (κ1) is 16.5. The maximum atomic E-state index is 12.6. The van der Waals surface area contributed by atoms with Crippen LogP contribution in [0.5, 0.6) is 0 Å². The van der Waals surface area contributed by atoms with E-state index in [4.69, 9.17) is 0 Å². The van der Waals surface area contributed by atoms with Gasteiger partial charge in [-0.05, 0) is 63.4 Å². The van der Waals surface area contributed by atoms with Gasteiger partial charge in [-0.25, -0.2) is 8.42 Å². The lowest BCUT2D eigenvalue weighted by atomic mass is 10.1. The molecule has 0 aliphatic carbocycles. The molecule has 118 valence electrons. The second-order valence-corrected chi connectivity index (χ2v) is 7.60. The van der Waals surface area contributed by atoms with E-state index in [2.05, 4.69) is 12.2 Å². The van der Waals surface area contributed by atoms with Crippen molar-refractivity contribution in [3.8, 4) is 0 Å². The molecule has 0 bridgehead atoms. The quantitative estimate of drug-likeness (QED) is 0.787. The highest BCUT2D eigenvalue weighted by atomic mass is 32.2. The van der Waals surface area contributed by atoms with Crippen molar-refractivity contribution in [2.45, 2.75) is 50.5 Å². The molecule has 0 saturated carbocycles. The van der Waals surface area contributed by atoms with Crippen molar-refractivity contribution >= 4 is 10.0 Å². The summed E-state index contributed by atoms with van der Waals surface area (Å²) in [5, 5.41) is 3.29. The van der Waals surface area contributed by atoms with Crippen LogP contribution >= 0.6 is 0 Å². The number of nitrogens with one attached hydrogen (secondary N) is 1. The van der Waals surface area contributed by atoms with Crippen molar-refractivity contribution in [2.75, 3.05) is 19.6 Å². The van der Waals surface area contributed by atoms with E-state index in [1.165, 1.54) is 5.56 Å². The molecule has 2 rings (SSSR count). The van der Waals surface area contributed by atoms with Gasteiger partial charge in [0.25, 0.3) is 0 Å². The van der Waals surface area contributed by atoms with Gasteiger partial charge in [0.1, 0.15) is 0 Å². The topological polar surface area (TPSA) is 49.4 Å². The molecule has 1 N–H and O–H groups in total. The van der Waals surface area contributed by atoms with E-state index in [1.807, 2.05) is 19.1 Å². The molecule has 5 heteroatoms. The van der Waals surface area contributed by atoms with Gasteiger partial charge in [0.15, 0.2) is 0 Å². The standard InChI is InChI=1S/C16H26N2O2S/c1-3-17-12-4-7-15-8-10-16(11-9-15)21(19,20)18-13-5-6-14(18)2/h8-11,14,17H,3-7,12-13H2,1-2H3. The predicted octanol–water partition coefficient (Wildman–Crippen LogP) is 2.40. The van der Waals surface area contributed by atoms with Crippen LogP contribution in [0.15, 0.2) is 29.2 Å². The first-order valence-corrected chi connectivity index (χ1v) is 9.31. The van der Waals surface area contributed by atoms with E-state index >= 15 is 0 Å². The average molecular weight is 310 g/mol. The van der Waals surface area contributed by atoms with E-state index < -0.39 is 10.0 Å². The van der Waals surface area contributed by atoms with Gasteiger partial charge in [0, 0.05) is 12.6 Å². The van der Waals surface area contributed by atoms with Crippen LogP contribution in [0, 0.1) is 0 Å². The summed E-state index contributed by atoms with van der Waals surface area (Å²) in [7, 11) is -3.31. The molecule has 1 aromatic rings. The van der Waals surface area contributed by atoms with Crippen LogP contribution in [0.4, 0.5) is 0 Å². The minimum absolute atomic E-state index is 0.120. The van der Waals surface area contributed by atoms with E-state index in [0.717, 1.165) is 38.8 Å². The minimum atomic E-state index is -3.31. The number of benzene rings is 1. The monoisotopic (exact) mass is 310 g/mol. The van der Waals surface area contributed by atoms with Crippen LogP contribution in [-0.2, 0) is 16.4 Å².